The second-order valence-corrected chi connectivity index (χ2v) is 6.68. The summed E-state index contributed by atoms with van der Waals surface area (Å²) in [5, 5.41) is 0. The Morgan fingerprint density at radius 3 is 2.14 bits per heavy atom. The number of ether oxygens (including phenoxy) is 3. The molecule has 2 aromatic rings. The van der Waals surface area contributed by atoms with Gasteiger partial charge in [0.1, 0.15) is 5.75 Å². The van der Waals surface area contributed by atoms with Gasteiger partial charge in [0.05, 0.1) is 14.2 Å². The van der Waals surface area contributed by atoms with Gasteiger partial charge in [-0.1, -0.05) is 19.1 Å². The summed E-state index contributed by atoms with van der Waals surface area (Å²) in [6.45, 7) is 4.91. The van der Waals surface area contributed by atoms with E-state index in [9.17, 15) is 4.79 Å². The van der Waals surface area contributed by atoms with E-state index in [-0.39, 0.29) is 5.91 Å². The summed E-state index contributed by atoms with van der Waals surface area (Å²) in [6, 6.07) is 15.4. The number of carbonyl (C=O) groups excluding carboxylic acids is 1. The summed E-state index contributed by atoms with van der Waals surface area (Å²) in [4.78, 5) is 17.2. The van der Waals surface area contributed by atoms with Crippen LogP contribution >= 0.6 is 0 Å². The molecule has 1 heterocycles. The molecule has 6 heteroatoms. The second-order valence-electron chi connectivity index (χ2n) is 6.68. The first-order valence-electron chi connectivity index (χ1n) is 9.63. The fourth-order valence-corrected chi connectivity index (χ4v) is 3.36. The van der Waals surface area contributed by atoms with E-state index in [2.05, 4.69) is 17.0 Å². The van der Waals surface area contributed by atoms with Crippen molar-refractivity contribution >= 4 is 11.6 Å². The minimum absolute atomic E-state index is 0.0304. The van der Waals surface area contributed by atoms with E-state index in [1.54, 1.807) is 14.2 Å². The molecule has 0 saturated carbocycles. The molecule has 3 rings (SSSR count). The van der Waals surface area contributed by atoms with Gasteiger partial charge in [0.15, 0.2) is 17.6 Å². The molecule has 150 valence electrons. The molecule has 0 aliphatic carbocycles. The molecule has 1 saturated heterocycles. The van der Waals surface area contributed by atoms with E-state index >= 15 is 0 Å². The normalized spacial score (nSPS) is 15.1. The van der Waals surface area contributed by atoms with Crippen molar-refractivity contribution in [3.63, 3.8) is 0 Å². The first-order valence-corrected chi connectivity index (χ1v) is 9.63. The summed E-state index contributed by atoms with van der Waals surface area (Å²) in [5.74, 6) is 2.11. The van der Waals surface area contributed by atoms with E-state index in [0.717, 1.165) is 24.5 Å². The molecule has 0 bridgehead atoms. The Morgan fingerprint density at radius 2 is 1.57 bits per heavy atom. The van der Waals surface area contributed by atoms with Crippen LogP contribution in [0.2, 0.25) is 0 Å². The number of anilines is 1. The van der Waals surface area contributed by atoms with Crippen LogP contribution in [-0.4, -0.2) is 57.3 Å². The molecule has 6 nitrogen and oxygen atoms in total. The lowest BCUT2D eigenvalue weighted by atomic mass is 10.2. The van der Waals surface area contributed by atoms with Crippen molar-refractivity contribution in [1.29, 1.82) is 0 Å². The standard InChI is InChI=1S/C22H28N2O4/c1-4-19(28-21-8-6-5-7-20(21)27-3)22(25)24-15-13-23(14-16-24)17-9-11-18(26-2)12-10-17/h5-12,19H,4,13-16H2,1-3H3. The first-order chi connectivity index (χ1) is 13.7. The average Bonchev–Trinajstić information content (AvgIpc) is 2.77. The van der Waals surface area contributed by atoms with Crippen molar-refractivity contribution in [1.82, 2.24) is 4.90 Å². The van der Waals surface area contributed by atoms with Crippen molar-refractivity contribution in [3.8, 4) is 17.2 Å². The summed E-state index contributed by atoms with van der Waals surface area (Å²) in [5.41, 5.74) is 1.14. The highest BCUT2D eigenvalue weighted by molar-refractivity contribution is 5.81. The van der Waals surface area contributed by atoms with Gasteiger partial charge in [-0.15, -0.1) is 0 Å². The minimum Gasteiger partial charge on any atom is -0.497 e. The molecule has 28 heavy (non-hydrogen) atoms. The van der Waals surface area contributed by atoms with E-state index in [0.29, 0.717) is 31.0 Å². The molecule has 1 unspecified atom stereocenters. The van der Waals surface area contributed by atoms with Crippen molar-refractivity contribution in [2.75, 3.05) is 45.3 Å². The van der Waals surface area contributed by atoms with Gasteiger partial charge in [0.25, 0.3) is 5.91 Å². The topological polar surface area (TPSA) is 51.2 Å². The molecular formula is C22H28N2O4. The van der Waals surface area contributed by atoms with E-state index in [1.165, 1.54) is 0 Å². The molecule has 0 radical (unpaired) electrons. The number of hydrogen-bond acceptors (Lipinski definition) is 5. The van der Waals surface area contributed by atoms with Crippen LogP contribution in [0.5, 0.6) is 17.2 Å². The van der Waals surface area contributed by atoms with Crippen LogP contribution in [0, 0.1) is 0 Å². The zero-order valence-corrected chi connectivity index (χ0v) is 16.8. The molecule has 1 aliphatic rings. The third-order valence-electron chi connectivity index (χ3n) is 5.01. The number of amides is 1. The van der Waals surface area contributed by atoms with Gasteiger partial charge < -0.3 is 24.0 Å². The van der Waals surface area contributed by atoms with Crippen LogP contribution < -0.4 is 19.1 Å². The van der Waals surface area contributed by atoms with Crippen LogP contribution in [0.25, 0.3) is 0 Å². The van der Waals surface area contributed by atoms with Crippen LogP contribution in [-0.2, 0) is 4.79 Å². The van der Waals surface area contributed by atoms with E-state index < -0.39 is 6.10 Å². The Hall–Kier alpha value is -2.89. The Morgan fingerprint density at radius 1 is 0.929 bits per heavy atom. The second kappa shape index (κ2) is 9.35. The smallest absolute Gasteiger partial charge is 0.263 e. The fraction of sp³-hybridized carbons (Fsp3) is 0.409. The molecule has 0 N–H and O–H groups in total. The fourth-order valence-electron chi connectivity index (χ4n) is 3.36. The first kappa shape index (κ1) is 19.9. The summed E-state index contributed by atoms with van der Waals surface area (Å²) < 4.78 is 16.5. The van der Waals surface area contributed by atoms with Gasteiger partial charge in [-0.25, -0.2) is 0 Å². The summed E-state index contributed by atoms with van der Waals surface area (Å²) in [6.07, 6.45) is 0.0964. The van der Waals surface area contributed by atoms with Gasteiger partial charge in [-0.2, -0.15) is 0 Å². The average molecular weight is 384 g/mol. The van der Waals surface area contributed by atoms with Crippen LogP contribution in [0.15, 0.2) is 48.5 Å². The largest absolute Gasteiger partial charge is 0.497 e. The number of nitrogens with zero attached hydrogens (tertiary/aromatic N) is 2. The third-order valence-corrected chi connectivity index (χ3v) is 5.01. The third kappa shape index (κ3) is 4.50. The Bertz CT molecular complexity index is 770. The van der Waals surface area contributed by atoms with Crippen LogP contribution in [0.3, 0.4) is 0 Å². The zero-order valence-electron chi connectivity index (χ0n) is 16.8. The van der Waals surface area contributed by atoms with Gasteiger partial charge in [0.2, 0.25) is 0 Å². The van der Waals surface area contributed by atoms with Crippen LogP contribution in [0.4, 0.5) is 5.69 Å². The van der Waals surface area contributed by atoms with Gasteiger partial charge >= 0.3 is 0 Å². The van der Waals surface area contributed by atoms with Crippen molar-refractivity contribution in [2.45, 2.75) is 19.4 Å². The monoisotopic (exact) mass is 384 g/mol. The lowest BCUT2D eigenvalue weighted by Crippen LogP contribution is -2.52. The highest BCUT2D eigenvalue weighted by Crippen LogP contribution is 2.28. The number of para-hydroxylation sites is 2. The maximum Gasteiger partial charge on any atom is 0.263 e. The lowest BCUT2D eigenvalue weighted by Gasteiger charge is -2.37. The number of benzene rings is 2. The Kier molecular flexibility index (Phi) is 6.63. The molecule has 1 aliphatic heterocycles. The molecule has 0 spiro atoms. The number of methoxy groups -OCH3 is 2. The number of hydrogen-bond donors (Lipinski definition) is 0. The molecule has 0 aromatic heterocycles. The molecular weight excluding hydrogens is 356 g/mol. The zero-order chi connectivity index (χ0) is 19.9. The van der Waals surface area contributed by atoms with Crippen molar-refractivity contribution in [3.05, 3.63) is 48.5 Å². The molecule has 1 atom stereocenters. The molecule has 2 aromatic carbocycles. The van der Waals surface area contributed by atoms with E-state index in [4.69, 9.17) is 14.2 Å². The summed E-state index contributed by atoms with van der Waals surface area (Å²) in [7, 11) is 3.26. The van der Waals surface area contributed by atoms with Gasteiger partial charge in [-0.3, -0.25) is 4.79 Å². The molecule has 1 fully saturated rings. The lowest BCUT2D eigenvalue weighted by molar-refractivity contribution is -0.139. The number of piperazine rings is 1. The minimum atomic E-state index is -0.510. The van der Waals surface area contributed by atoms with Gasteiger partial charge in [0, 0.05) is 31.9 Å². The highest BCUT2D eigenvalue weighted by Gasteiger charge is 2.28. The maximum absolute atomic E-state index is 13.0. The molecule has 1 amide bonds. The van der Waals surface area contributed by atoms with Crippen molar-refractivity contribution < 1.29 is 19.0 Å². The quantitative estimate of drug-likeness (QED) is 0.734. The predicted molar refractivity (Wildman–Crippen MR) is 109 cm³/mol. The number of carbonyl (C=O) groups is 1. The Balaban J connectivity index is 1.59. The van der Waals surface area contributed by atoms with E-state index in [1.807, 2.05) is 48.2 Å². The highest BCUT2D eigenvalue weighted by atomic mass is 16.5. The maximum atomic E-state index is 13.0. The van der Waals surface area contributed by atoms with Crippen LogP contribution in [0.1, 0.15) is 13.3 Å². The van der Waals surface area contributed by atoms with Crippen molar-refractivity contribution in [2.24, 2.45) is 0 Å². The Labute approximate surface area is 166 Å². The van der Waals surface area contributed by atoms with Gasteiger partial charge in [-0.05, 0) is 42.8 Å². The SMILES string of the molecule is CCC(Oc1ccccc1OC)C(=O)N1CCN(c2ccc(OC)cc2)CC1. The predicted octanol–water partition coefficient (Wildman–Crippen LogP) is 3.21. The summed E-state index contributed by atoms with van der Waals surface area (Å²) >= 11 is 0. The number of rotatable bonds is 7.